The standard InChI is InChI=1S/C31H40ClNO3Si/c1-29(2,3)37(4,5)36-20-22-17-25(22)27-18-21-9-6-7-12-26(21)30(27)13-15-31(16-14-30,28(34)35)33-24-11-8-10-23(32)19-24/h6-12,18-19,22,25,33H,13-17,20H2,1-5H3,(H,34,35)/t22-,25+,30?,31?/m0/s1. The third-order valence-electron chi connectivity index (χ3n) is 9.70. The third-order valence-corrected chi connectivity index (χ3v) is 14.4. The SMILES string of the molecule is CC(C)(C)[Si](C)(C)OC[C@@H]1C[C@H]1C1=Cc2ccccc2C12CCC(Nc1cccc(Cl)c1)(C(=O)O)CC2. The molecule has 3 aliphatic rings. The second-order valence-electron chi connectivity index (χ2n) is 13.0. The fourth-order valence-electron chi connectivity index (χ4n) is 6.22. The van der Waals surface area contributed by atoms with Gasteiger partial charge in [-0.1, -0.05) is 74.4 Å². The molecule has 5 rings (SSSR count). The van der Waals surface area contributed by atoms with E-state index in [0.29, 0.717) is 29.7 Å². The molecule has 0 unspecified atom stereocenters. The largest absolute Gasteiger partial charge is 0.480 e. The van der Waals surface area contributed by atoms with Crippen molar-refractivity contribution in [2.24, 2.45) is 11.8 Å². The van der Waals surface area contributed by atoms with Crippen molar-refractivity contribution < 1.29 is 14.3 Å². The predicted molar refractivity (Wildman–Crippen MR) is 155 cm³/mol. The van der Waals surface area contributed by atoms with Crippen LogP contribution < -0.4 is 5.32 Å². The fourth-order valence-corrected chi connectivity index (χ4v) is 7.48. The summed E-state index contributed by atoms with van der Waals surface area (Å²) in [5.74, 6) is 0.295. The van der Waals surface area contributed by atoms with E-state index in [9.17, 15) is 9.90 Å². The molecule has 0 saturated heterocycles. The molecule has 2 saturated carbocycles. The summed E-state index contributed by atoms with van der Waals surface area (Å²) in [5.41, 5.74) is 3.88. The number of halogens is 1. The maximum atomic E-state index is 12.6. The summed E-state index contributed by atoms with van der Waals surface area (Å²) in [6, 6.07) is 16.1. The van der Waals surface area contributed by atoms with Crippen LogP contribution in [0, 0.1) is 11.8 Å². The Balaban J connectivity index is 1.37. The summed E-state index contributed by atoms with van der Waals surface area (Å²) < 4.78 is 6.61. The van der Waals surface area contributed by atoms with Crippen molar-refractivity contribution in [3.8, 4) is 0 Å². The second-order valence-corrected chi connectivity index (χ2v) is 18.2. The summed E-state index contributed by atoms with van der Waals surface area (Å²) in [6.07, 6.45) is 6.37. The zero-order chi connectivity index (χ0) is 26.6. The van der Waals surface area contributed by atoms with Crippen LogP contribution in [-0.2, 0) is 14.6 Å². The summed E-state index contributed by atoms with van der Waals surface area (Å²) in [4.78, 5) is 12.6. The van der Waals surface area contributed by atoms with E-state index in [1.165, 1.54) is 23.1 Å². The van der Waals surface area contributed by atoms with Gasteiger partial charge >= 0.3 is 5.97 Å². The number of anilines is 1. The molecule has 0 bridgehead atoms. The minimum Gasteiger partial charge on any atom is -0.480 e. The summed E-state index contributed by atoms with van der Waals surface area (Å²) in [7, 11) is -1.78. The Labute approximate surface area is 227 Å². The van der Waals surface area contributed by atoms with Crippen molar-refractivity contribution in [2.45, 2.75) is 82.0 Å². The van der Waals surface area contributed by atoms with E-state index in [1.807, 2.05) is 24.3 Å². The maximum Gasteiger partial charge on any atom is 0.329 e. The van der Waals surface area contributed by atoms with Gasteiger partial charge in [0.05, 0.1) is 0 Å². The van der Waals surface area contributed by atoms with Gasteiger partial charge in [-0.3, -0.25) is 0 Å². The van der Waals surface area contributed by atoms with Gasteiger partial charge < -0.3 is 14.8 Å². The monoisotopic (exact) mass is 537 g/mol. The number of carboxylic acid groups (broad SMARTS) is 1. The first-order chi connectivity index (χ1) is 17.4. The van der Waals surface area contributed by atoms with Crippen LogP contribution in [0.3, 0.4) is 0 Å². The number of carbonyl (C=O) groups is 1. The molecule has 0 aromatic heterocycles. The lowest BCUT2D eigenvalue weighted by atomic mass is 9.61. The molecule has 2 aromatic carbocycles. The zero-order valence-corrected chi connectivity index (χ0v) is 24.5. The highest BCUT2D eigenvalue weighted by atomic mass is 35.5. The second kappa shape index (κ2) is 9.28. The minimum absolute atomic E-state index is 0.0814. The molecular formula is C31H40ClNO3Si. The molecule has 2 N–H and O–H groups in total. The lowest BCUT2D eigenvalue weighted by Gasteiger charge is -2.46. The number of benzene rings is 2. The fraction of sp³-hybridized carbons (Fsp3) is 0.516. The van der Waals surface area contributed by atoms with Crippen molar-refractivity contribution in [3.05, 3.63) is 70.3 Å². The van der Waals surface area contributed by atoms with Crippen molar-refractivity contribution in [1.82, 2.24) is 0 Å². The Bertz CT molecular complexity index is 1220. The molecule has 0 amide bonds. The molecule has 37 heavy (non-hydrogen) atoms. The number of carboxylic acids is 1. The van der Waals surface area contributed by atoms with Gasteiger partial charge in [-0.05, 0) is 91.4 Å². The van der Waals surface area contributed by atoms with Gasteiger partial charge in [0.2, 0.25) is 0 Å². The zero-order valence-electron chi connectivity index (χ0n) is 22.7. The van der Waals surface area contributed by atoms with Gasteiger partial charge in [0.25, 0.3) is 0 Å². The molecule has 6 heteroatoms. The Morgan fingerprint density at radius 2 is 1.81 bits per heavy atom. The number of rotatable bonds is 7. The van der Waals surface area contributed by atoms with Gasteiger partial charge in [0.1, 0.15) is 5.54 Å². The van der Waals surface area contributed by atoms with Crippen LogP contribution in [0.4, 0.5) is 5.69 Å². The predicted octanol–water partition coefficient (Wildman–Crippen LogP) is 8.14. The van der Waals surface area contributed by atoms with E-state index >= 15 is 0 Å². The molecule has 4 nitrogen and oxygen atoms in total. The minimum atomic E-state index is -1.78. The van der Waals surface area contributed by atoms with E-state index in [1.54, 1.807) is 0 Å². The van der Waals surface area contributed by atoms with Crippen LogP contribution in [0.2, 0.25) is 23.2 Å². The Hall–Kier alpha value is -2.08. The van der Waals surface area contributed by atoms with Crippen molar-refractivity contribution in [1.29, 1.82) is 0 Å². The molecule has 2 atom stereocenters. The normalized spacial score (nSPS) is 29.1. The topological polar surface area (TPSA) is 58.6 Å². The molecule has 1 spiro atoms. The average molecular weight is 538 g/mol. The third kappa shape index (κ3) is 4.79. The van der Waals surface area contributed by atoms with Gasteiger partial charge in [-0.15, -0.1) is 0 Å². The maximum absolute atomic E-state index is 12.6. The number of nitrogens with one attached hydrogen (secondary N) is 1. The van der Waals surface area contributed by atoms with Gasteiger partial charge in [-0.2, -0.15) is 0 Å². The molecule has 0 aliphatic heterocycles. The van der Waals surface area contributed by atoms with Crippen LogP contribution in [0.1, 0.15) is 64.0 Å². The first-order valence-electron chi connectivity index (χ1n) is 13.6. The molecule has 2 fully saturated rings. The van der Waals surface area contributed by atoms with E-state index in [4.69, 9.17) is 16.0 Å². The van der Waals surface area contributed by atoms with Crippen molar-refractivity contribution in [3.63, 3.8) is 0 Å². The molecule has 3 aliphatic carbocycles. The highest BCUT2D eigenvalue weighted by molar-refractivity contribution is 6.74. The lowest BCUT2D eigenvalue weighted by molar-refractivity contribution is -0.143. The molecule has 2 aromatic rings. The Morgan fingerprint density at radius 1 is 1.11 bits per heavy atom. The first kappa shape index (κ1) is 26.5. The van der Waals surface area contributed by atoms with E-state index < -0.39 is 19.8 Å². The Morgan fingerprint density at radius 3 is 2.46 bits per heavy atom. The highest BCUT2D eigenvalue weighted by Gasteiger charge is 2.56. The molecule has 0 radical (unpaired) electrons. The number of fused-ring (bicyclic) bond motifs is 2. The van der Waals surface area contributed by atoms with Crippen LogP contribution in [-0.4, -0.2) is 31.5 Å². The average Bonchev–Trinajstić information content (AvgIpc) is 3.54. The highest BCUT2D eigenvalue weighted by Crippen LogP contribution is 2.61. The van der Waals surface area contributed by atoms with Crippen LogP contribution in [0.5, 0.6) is 0 Å². The Kier molecular flexibility index (Phi) is 6.65. The van der Waals surface area contributed by atoms with Crippen molar-refractivity contribution in [2.75, 3.05) is 11.9 Å². The summed E-state index contributed by atoms with van der Waals surface area (Å²) in [6.45, 7) is 12.4. The van der Waals surface area contributed by atoms with E-state index in [2.05, 4.69) is 69.5 Å². The first-order valence-corrected chi connectivity index (χ1v) is 16.9. The molecule has 198 valence electrons. The van der Waals surface area contributed by atoms with Crippen LogP contribution in [0.15, 0.2) is 54.1 Å². The van der Waals surface area contributed by atoms with E-state index in [0.717, 1.165) is 25.1 Å². The number of allylic oxidation sites excluding steroid dienone is 1. The quantitative estimate of drug-likeness (QED) is 0.350. The molecule has 0 heterocycles. The summed E-state index contributed by atoms with van der Waals surface area (Å²) in [5, 5.41) is 14.5. The van der Waals surface area contributed by atoms with Gasteiger partial charge in [0.15, 0.2) is 8.32 Å². The van der Waals surface area contributed by atoms with E-state index in [-0.39, 0.29) is 10.5 Å². The van der Waals surface area contributed by atoms with Crippen molar-refractivity contribution >= 4 is 37.7 Å². The smallest absolute Gasteiger partial charge is 0.329 e. The van der Waals surface area contributed by atoms with Crippen LogP contribution in [0.25, 0.3) is 6.08 Å². The van der Waals surface area contributed by atoms with Crippen LogP contribution >= 0.6 is 11.6 Å². The lowest BCUT2D eigenvalue weighted by Crippen LogP contribution is -2.52. The van der Waals surface area contributed by atoms with Gasteiger partial charge in [-0.25, -0.2) is 4.79 Å². The number of hydrogen-bond acceptors (Lipinski definition) is 3. The number of hydrogen-bond donors (Lipinski definition) is 2. The van der Waals surface area contributed by atoms with Gasteiger partial charge in [0, 0.05) is 22.7 Å². The number of aliphatic carboxylic acids is 1. The molecular weight excluding hydrogens is 498 g/mol. The summed E-state index contributed by atoms with van der Waals surface area (Å²) >= 11 is 6.19.